The maximum atomic E-state index is 12.9. The van der Waals surface area contributed by atoms with Crippen molar-refractivity contribution in [3.63, 3.8) is 0 Å². The Morgan fingerprint density at radius 3 is 2.83 bits per heavy atom. The number of carbonyl (C=O) groups is 1. The van der Waals surface area contributed by atoms with Gasteiger partial charge in [0.2, 0.25) is 5.91 Å². The van der Waals surface area contributed by atoms with Gasteiger partial charge in [0.15, 0.2) is 11.9 Å². The van der Waals surface area contributed by atoms with Crippen molar-refractivity contribution in [2.24, 2.45) is 0 Å². The highest BCUT2D eigenvalue weighted by molar-refractivity contribution is 5.89. The summed E-state index contributed by atoms with van der Waals surface area (Å²) in [5.74, 6) is 0.428. The number of halogens is 3. The highest BCUT2D eigenvalue weighted by atomic mass is 19.4. The van der Waals surface area contributed by atoms with E-state index in [1.165, 1.54) is 6.07 Å². The number of hydrogen-bond donors (Lipinski definition) is 2. The molecule has 2 N–H and O–H groups in total. The first kappa shape index (κ1) is 16.9. The second-order valence-electron chi connectivity index (χ2n) is 4.76. The summed E-state index contributed by atoms with van der Waals surface area (Å²) in [4.78, 5) is 15.1. The van der Waals surface area contributed by atoms with E-state index in [1.54, 1.807) is 6.92 Å². The number of carbonyl (C=O) groups excluding carboxylic acids is 1. The molecule has 0 fully saturated rings. The summed E-state index contributed by atoms with van der Waals surface area (Å²) >= 11 is 0. The molecule has 1 amide bonds. The monoisotopic (exact) mass is 332 g/mol. The fraction of sp³-hybridized carbons (Fsp3) is 0.500. The topological polar surface area (TPSA) is 97.9 Å². The number of amides is 1. The van der Waals surface area contributed by atoms with Crippen LogP contribution in [-0.4, -0.2) is 45.1 Å². The van der Waals surface area contributed by atoms with Crippen LogP contribution in [0.3, 0.4) is 0 Å². The van der Waals surface area contributed by atoms with E-state index < -0.39 is 18.8 Å². The number of hydrogen-bond acceptors (Lipinski definition) is 6. The summed E-state index contributed by atoms with van der Waals surface area (Å²) in [7, 11) is 0. The lowest BCUT2D eigenvalue weighted by Crippen LogP contribution is -2.37. The highest BCUT2D eigenvalue weighted by Crippen LogP contribution is 2.28. The van der Waals surface area contributed by atoms with Gasteiger partial charge in [-0.2, -0.15) is 18.3 Å². The average molecular weight is 332 g/mol. The number of nitrogens with one attached hydrogen (secondary N) is 2. The normalized spacial score (nSPS) is 13.0. The van der Waals surface area contributed by atoms with Gasteiger partial charge in [0.05, 0.1) is 0 Å². The Bertz CT molecular complexity index is 625. The third-order valence-corrected chi connectivity index (χ3v) is 2.90. The minimum atomic E-state index is -4.47. The predicted octanol–water partition coefficient (Wildman–Crippen LogP) is 1.30. The molecule has 0 saturated heterocycles. The van der Waals surface area contributed by atoms with Crippen LogP contribution in [0.25, 0.3) is 0 Å². The van der Waals surface area contributed by atoms with Crippen molar-refractivity contribution in [3.05, 3.63) is 24.5 Å². The molecule has 0 spiro atoms. The molecule has 0 aliphatic carbocycles. The molecule has 0 aliphatic rings. The zero-order valence-electron chi connectivity index (χ0n) is 12.2. The second-order valence-corrected chi connectivity index (χ2v) is 4.76. The van der Waals surface area contributed by atoms with Crippen LogP contribution in [0.2, 0.25) is 0 Å². The van der Waals surface area contributed by atoms with Crippen molar-refractivity contribution >= 4 is 11.7 Å². The van der Waals surface area contributed by atoms with Crippen molar-refractivity contribution in [2.45, 2.75) is 25.6 Å². The van der Waals surface area contributed by atoms with E-state index in [4.69, 9.17) is 4.52 Å². The SMILES string of the molecule is Cc1cc(NC(=O)CCNCC(n2cncn2)C(F)(F)F)no1. The van der Waals surface area contributed by atoms with Crippen LogP contribution in [0.5, 0.6) is 0 Å². The highest BCUT2D eigenvalue weighted by Gasteiger charge is 2.41. The lowest BCUT2D eigenvalue weighted by molar-refractivity contribution is -0.169. The molecule has 0 bridgehead atoms. The maximum absolute atomic E-state index is 12.9. The van der Waals surface area contributed by atoms with Crippen LogP contribution in [0.4, 0.5) is 19.0 Å². The van der Waals surface area contributed by atoms with Crippen molar-refractivity contribution < 1.29 is 22.5 Å². The van der Waals surface area contributed by atoms with E-state index >= 15 is 0 Å². The van der Waals surface area contributed by atoms with Gasteiger partial charge in [0, 0.05) is 25.6 Å². The van der Waals surface area contributed by atoms with E-state index in [0.29, 0.717) is 5.76 Å². The van der Waals surface area contributed by atoms with Gasteiger partial charge in [-0.05, 0) is 6.92 Å². The number of aryl methyl sites for hydroxylation is 1. The van der Waals surface area contributed by atoms with Gasteiger partial charge < -0.3 is 15.2 Å². The summed E-state index contributed by atoms with van der Waals surface area (Å²) in [6, 6.07) is -0.304. The van der Waals surface area contributed by atoms with Crippen LogP contribution in [0.15, 0.2) is 23.2 Å². The molecular formula is C12H15F3N6O2. The third kappa shape index (κ3) is 5.06. The second kappa shape index (κ2) is 7.22. The van der Waals surface area contributed by atoms with Gasteiger partial charge in [0.25, 0.3) is 0 Å². The maximum Gasteiger partial charge on any atom is 0.412 e. The molecule has 11 heteroatoms. The standard InChI is InChI=1S/C12H15F3N6O2/c1-8-4-10(20-23-8)19-11(22)2-3-16-5-9(12(13,14)15)21-7-17-6-18-21/h4,6-7,9,16H,2-3,5H2,1H3,(H,19,20,22). The van der Waals surface area contributed by atoms with Crippen molar-refractivity contribution in [1.29, 1.82) is 0 Å². The molecule has 1 atom stereocenters. The Morgan fingerprint density at radius 2 is 2.26 bits per heavy atom. The van der Waals surface area contributed by atoms with Crippen LogP contribution in [-0.2, 0) is 4.79 Å². The molecule has 1 unspecified atom stereocenters. The molecule has 126 valence electrons. The molecule has 0 saturated carbocycles. The van der Waals surface area contributed by atoms with Crippen LogP contribution < -0.4 is 10.6 Å². The first-order valence-corrected chi connectivity index (χ1v) is 6.71. The molecule has 2 aromatic rings. The van der Waals surface area contributed by atoms with Crippen molar-refractivity contribution in [2.75, 3.05) is 18.4 Å². The number of aromatic nitrogens is 4. The van der Waals surface area contributed by atoms with Crippen LogP contribution in [0, 0.1) is 6.92 Å². The van der Waals surface area contributed by atoms with Crippen LogP contribution in [0.1, 0.15) is 18.2 Å². The molecule has 8 nitrogen and oxygen atoms in total. The third-order valence-electron chi connectivity index (χ3n) is 2.90. The van der Waals surface area contributed by atoms with E-state index in [9.17, 15) is 18.0 Å². The molecular weight excluding hydrogens is 317 g/mol. The molecule has 2 rings (SSSR count). The summed E-state index contributed by atoms with van der Waals surface area (Å²) in [5.41, 5.74) is 0. The summed E-state index contributed by atoms with van der Waals surface area (Å²) in [6.07, 6.45) is -2.44. The lowest BCUT2D eigenvalue weighted by atomic mass is 10.3. The Kier molecular flexibility index (Phi) is 5.32. The molecule has 0 radical (unpaired) electrons. The fourth-order valence-corrected chi connectivity index (χ4v) is 1.81. The number of nitrogens with zero attached hydrogens (tertiary/aromatic N) is 4. The van der Waals surface area contributed by atoms with Gasteiger partial charge in [0.1, 0.15) is 18.4 Å². The predicted molar refractivity (Wildman–Crippen MR) is 72.5 cm³/mol. The molecule has 2 aromatic heterocycles. The Labute approximate surface area is 129 Å². The quantitative estimate of drug-likeness (QED) is 0.742. The molecule has 23 heavy (non-hydrogen) atoms. The van der Waals surface area contributed by atoms with E-state index in [2.05, 4.69) is 25.9 Å². The number of rotatable bonds is 7. The van der Waals surface area contributed by atoms with E-state index in [1.807, 2.05) is 0 Å². The Balaban J connectivity index is 1.76. The van der Waals surface area contributed by atoms with Gasteiger partial charge in [-0.15, -0.1) is 0 Å². The number of alkyl halides is 3. The molecule has 2 heterocycles. The van der Waals surface area contributed by atoms with Crippen molar-refractivity contribution in [1.82, 2.24) is 25.2 Å². The van der Waals surface area contributed by atoms with Gasteiger partial charge in [-0.1, -0.05) is 5.16 Å². The first-order chi connectivity index (χ1) is 10.9. The zero-order chi connectivity index (χ0) is 16.9. The Hall–Kier alpha value is -2.43. The van der Waals surface area contributed by atoms with Gasteiger partial charge in [-0.3, -0.25) is 4.79 Å². The average Bonchev–Trinajstić information content (AvgIpc) is 3.09. The molecule has 0 aromatic carbocycles. The zero-order valence-corrected chi connectivity index (χ0v) is 12.2. The van der Waals surface area contributed by atoms with E-state index in [0.717, 1.165) is 17.3 Å². The van der Waals surface area contributed by atoms with Gasteiger partial charge in [-0.25, -0.2) is 9.67 Å². The fourth-order valence-electron chi connectivity index (χ4n) is 1.81. The lowest BCUT2D eigenvalue weighted by Gasteiger charge is -2.20. The first-order valence-electron chi connectivity index (χ1n) is 6.71. The summed E-state index contributed by atoms with van der Waals surface area (Å²) < 4.78 is 44.3. The minimum Gasteiger partial charge on any atom is -0.360 e. The minimum absolute atomic E-state index is 0.00611. The summed E-state index contributed by atoms with van der Waals surface area (Å²) in [6.45, 7) is 1.33. The van der Waals surface area contributed by atoms with Crippen molar-refractivity contribution in [3.8, 4) is 0 Å². The van der Waals surface area contributed by atoms with Gasteiger partial charge >= 0.3 is 6.18 Å². The largest absolute Gasteiger partial charge is 0.412 e. The number of anilines is 1. The smallest absolute Gasteiger partial charge is 0.360 e. The van der Waals surface area contributed by atoms with Crippen LogP contribution >= 0.6 is 0 Å². The molecule has 0 aliphatic heterocycles. The Morgan fingerprint density at radius 1 is 1.48 bits per heavy atom. The summed E-state index contributed by atoms with van der Waals surface area (Å²) in [5, 5.41) is 12.2. The van der Waals surface area contributed by atoms with E-state index in [-0.39, 0.29) is 24.7 Å².